The Balaban J connectivity index is 2.22. The number of carboxylic acids is 1. The van der Waals surface area contributed by atoms with Crippen LogP contribution in [0.5, 0.6) is 0 Å². The maximum Gasteiger partial charge on any atom is 0.326 e. The summed E-state index contributed by atoms with van der Waals surface area (Å²) in [5.74, 6) is -1.87. The smallest absolute Gasteiger partial charge is 0.326 e. The first-order chi connectivity index (χ1) is 14.2. The molecule has 0 aliphatic carbocycles. The third-order valence-corrected chi connectivity index (χ3v) is 4.78. The Bertz CT molecular complexity index is 890. The summed E-state index contributed by atoms with van der Waals surface area (Å²) < 4.78 is 0. The van der Waals surface area contributed by atoms with Gasteiger partial charge in [-0.05, 0) is 43.9 Å². The molecule has 2 aromatic carbocycles. The molecule has 0 aliphatic heterocycles. The van der Waals surface area contributed by atoms with Gasteiger partial charge in [0.05, 0.1) is 0 Å². The van der Waals surface area contributed by atoms with E-state index in [-0.39, 0.29) is 18.2 Å². The Morgan fingerprint density at radius 2 is 1.57 bits per heavy atom. The highest BCUT2D eigenvalue weighted by atomic mass is 16.4. The zero-order valence-corrected chi connectivity index (χ0v) is 17.9. The van der Waals surface area contributed by atoms with Crippen LogP contribution in [0.25, 0.3) is 0 Å². The quantitative estimate of drug-likeness (QED) is 0.591. The van der Waals surface area contributed by atoms with E-state index in [2.05, 4.69) is 10.6 Å². The summed E-state index contributed by atoms with van der Waals surface area (Å²) in [6.07, 6.45) is 0.571. The molecule has 0 aromatic heterocycles. The van der Waals surface area contributed by atoms with E-state index in [9.17, 15) is 19.5 Å². The van der Waals surface area contributed by atoms with Gasteiger partial charge in [-0.1, -0.05) is 61.4 Å². The van der Waals surface area contributed by atoms with Crippen LogP contribution in [0.2, 0.25) is 0 Å². The first kappa shape index (κ1) is 23.1. The summed E-state index contributed by atoms with van der Waals surface area (Å²) in [5.41, 5.74) is 3.35. The highest BCUT2D eigenvalue weighted by Crippen LogP contribution is 2.10. The summed E-state index contributed by atoms with van der Waals surface area (Å²) in [6.45, 7) is 7.64. The summed E-state index contributed by atoms with van der Waals surface area (Å²) in [4.78, 5) is 37.3. The molecule has 2 amide bonds. The number of carbonyl (C=O) groups excluding carboxylic acids is 2. The number of hydrogen-bond acceptors (Lipinski definition) is 3. The van der Waals surface area contributed by atoms with E-state index >= 15 is 0 Å². The normalized spacial score (nSPS) is 12.8. The molecule has 6 nitrogen and oxygen atoms in total. The number of amides is 2. The molecule has 3 N–H and O–H groups in total. The van der Waals surface area contributed by atoms with Gasteiger partial charge in [0.25, 0.3) is 5.91 Å². The maximum atomic E-state index is 13.0. The van der Waals surface area contributed by atoms with Crippen LogP contribution in [0.1, 0.15) is 47.3 Å². The number of aliphatic carboxylic acids is 1. The molecule has 2 unspecified atom stereocenters. The van der Waals surface area contributed by atoms with Crippen molar-refractivity contribution in [2.24, 2.45) is 5.92 Å². The molecule has 0 aliphatic rings. The lowest BCUT2D eigenvalue weighted by molar-refractivity contribution is -0.142. The minimum atomic E-state index is -1.09. The topological polar surface area (TPSA) is 95.5 Å². The molecule has 2 rings (SSSR count). The fraction of sp³-hybridized carbons (Fsp3) is 0.375. The number of carboxylic acid groups (broad SMARTS) is 1. The van der Waals surface area contributed by atoms with E-state index < -0.39 is 24.0 Å². The number of rotatable bonds is 9. The molecular formula is C24H30N2O4. The van der Waals surface area contributed by atoms with Crippen molar-refractivity contribution in [3.63, 3.8) is 0 Å². The second kappa shape index (κ2) is 10.6. The SMILES string of the molecule is Cc1ccc(CC(NC(=O)c2cccc(C)c2)C(=O)NC(CC(C)C)C(=O)O)cc1. The van der Waals surface area contributed by atoms with Crippen LogP contribution in [0, 0.1) is 19.8 Å². The number of carbonyl (C=O) groups is 3. The molecule has 160 valence electrons. The average molecular weight is 411 g/mol. The number of hydrogen-bond donors (Lipinski definition) is 3. The summed E-state index contributed by atoms with van der Waals surface area (Å²) in [5, 5.41) is 14.8. The Hall–Kier alpha value is -3.15. The van der Waals surface area contributed by atoms with Crippen molar-refractivity contribution in [1.29, 1.82) is 0 Å². The molecule has 6 heteroatoms. The van der Waals surface area contributed by atoms with Crippen molar-refractivity contribution in [3.8, 4) is 0 Å². The predicted molar refractivity (Wildman–Crippen MR) is 116 cm³/mol. The lowest BCUT2D eigenvalue weighted by Gasteiger charge is -2.22. The van der Waals surface area contributed by atoms with E-state index in [1.807, 2.05) is 58.0 Å². The second-order valence-corrected chi connectivity index (χ2v) is 8.11. The van der Waals surface area contributed by atoms with Crippen LogP contribution < -0.4 is 10.6 Å². The van der Waals surface area contributed by atoms with Crippen molar-refractivity contribution >= 4 is 17.8 Å². The fourth-order valence-electron chi connectivity index (χ4n) is 3.16. The Morgan fingerprint density at radius 1 is 0.900 bits per heavy atom. The van der Waals surface area contributed by atoms with Gasteiger partial charge in [0.1, 0.15) is 12.1 Å². The molecule has 2 atom stereocenters. The van der Waals surface area contributed by atoms with Crippen LogP contribution in [0.3, 0.4) is 0 Å². The van der Waals surface area contributed by atoms with Crippen molar-refractivity contribution in [2.75, 3.05) is 0 Å². The molecule has 0 radical (unpaired) electrons. The van der Waals surface area contributed by atoms with E-state index in [4.69, 9.17) is 0 Å². The zero-order chi connectivity index (χ0) is 22.3. The minimum absolute atomic E-state index is 0.101. The summed E-state index contributed by atoms with van der Waals surface area (Å²) in [6, 6.07) is 12.9. The van der Waals surface area contributed by atoms with Crippen molar-refractivity contribution < 1.29 is 19.5 Å². The molecule has 0 saturated carbocycles. The molecular weight excluding hydrogens is 380 g/mol. The van der Waals surface area contributed by atoms with Crippen molar-refractivity contribution in [3.05, 3.63) is 70.8 Å². The first-order valence-corrected chi connectivity index (χ1v) is 10.1. The van der Waals surface area contributed by atoms with Crippen LogP contribution in [-0.2, 0) is 16.0 Å². The van der Waals surface area contributed by atoms with E-state index in [1.165, 1.54) is 0 Å². The lowest BCUT2D eigenvalue weighted by atomic mass is 10.0. The highest BCUT2D eigenvalue weighted by molar-refractivity contribution is 5.98. The van der Waals surface area contributed by atoms with Gasteiger partial charge >= 0.3 is 5.97 Å². The minimum Gasteiger partial charge on any atom is -0.480 e. The maximum absolute atomic E-state index is 13.0. The Morgan fingerprint density at radius 3 is 2.13 bits per heavy atom. The van der Waals surface area contributed by atoms with Crippen molar-refractivity contribution in [1.82, 2.24) is 10.6 Å². The van der Waals surface area contributed by atoms with E-state index in [0.717, 1.165) is 16.7 Å². The predicted octanol–water partition coefficient (Wildman–Crippen LogP) is 3.26. The standard InChI is InChI=1S/C24H30N2O4/c1-15(2)12-21(24(29)30)26-23(28)20(14-18-10-8-16(3)9-11-18)25-22(27)19-7-5-6-17(4)13-19/h5-11,13,15,20-21H,12,14H2,1-4H3,(H,25,27)(H,26,28)(H,29,30). The average Bonchev–Trinajstić information content (AvgIpc) is 2.68. The van der Waals surface area contributed by atoms with E-state index in [1.54, 1.807) is 18.2 Å². The van der Waals surface area contributed by atoms with Crippen molar-refractivity contribution in [2.45, 2.75) is 52.6 Å². The molecule has 0 bridgehead atoms. The Labute approximate surface area is 177 Å². The molecule has 30 heavy (non-hydrogen) atoms. The van der Waals surface area contributed by atoms with Gasteiger partial charge < -0.3 is 15.7 Å². The molecule has 0 fully saturated rings. The first-order valence-electron chi connectivity index (χ1n) is 10.1. The van der Waals surface area contributed by atoms with Gasteiger partial charge in [0.2, 0.25) is 5.91 Å². The third kappa shape index (κ3) is 7.03. The van der Waals surface area contributed by atoms with Crippen LogP contribution in [0.4, 0.5) is 0 Å². The molecule has 0 heterocycles. The molecule has 0 spiro atoms. The van der Waals surface area contributed by atoms with Crippen LogP contribution >= 0.6 is 0 Å². The third-order valence-electron chi connectivity index (χ3n) is 4.78. The van der Waals surface area contributed by atoms with Gasteiger partial charge in [-0.15, -0.1) is 0 Å². The molecule has 2 aromatic rings. The number of benzene rings is 2. The van der Waals surface area contributed by atoms with Gasteiger partial charge in [0.15, 0.2) is 0 Å². The fourth-order valence-corrected chi connectivity index (χ4v) is 3.16. The Kier molecular flexibility index (Phi) is 8.16. The monoisotopic (exact) mass is 410 g/mol. The second-order valence-electron chi connectivity index (χ2n) is 8.11. The summed E-state index contributed by atoms with van der Waals surface area (Å²) >= 11 is 0. The zero-order valence-electron chi connectivity index (χ0n) is 17.9. The van der Waals surface area contributed by atoms with Gasteiger partial charge in [0, 0.05) is 12.0 Å². The highest BCUT2D eigenvalue weighted by Gasteiger charge is 2.27. The van der Waals surface area contributed by atoms with E-state index in [0.29, 0.717) is 12.0 Å². The molecule has 0 saturated heterocycles. The number of aryl methyl sites for hydroxylation is 2. The van der Waals surface area contributed by atoms with Gasteiger partial charge in [-0.2, -0.15) is 0 Å². The summed E-state index contributed by atoms with van der Waals surface area (Å²) in [7, 11) is 0. The lowest BCUT2D eigenvalue weighted by Crippen LogP contribution is -2.52. The van der Waals surface area contributed by atoms with Gasteiger partial charge in [-0.3, -0.25) is 9.59 Å². The van der Waals surface area contributed by atoms with Crippen LogP contribution in [0.15, 0.2) is 48.5 Å². The van der Waals surface area contributed by atoms with Crippen LogP contribution in [-0.4, -0.2) is 35.0 Å². The van der Waals surface area contributed by atoms with Gasteiger partial charge in [-0.25, -0.2) is 4.79 Å². The number of nitrogens with one attached hydrogen (secondary N) is 2. The largest absolute Gasteiger partial charge is 0.480 e.